The van der Waals surface area contributed by atoms with Crippen LogP contribution in [-0.2, 0) is 4.74 Å². The third-order valence-electron chi connectivity index (χ3n) is 6.13. The highest BCUT2D eigenvalue weighted by Crippen LogP contribution is 2.30. The molecule has 3 rings (SSSR count). The molecule has 2 atom stereocenters. The minimum atomic E-state index is -1.45. The van der Waals surface area contributed by atoms with E-state index in [0.717, 1.165) is 5.71 Å². The summed E-state index contributed by atoms with van der Waals surface area (Å²) in [7, 11) is 0. The zero-order valence-corrected chi connectivity index (χ0v) is 22.6. The maximum Gasteiger partial charge on any atom is 0.596 e. The van der Waals surface area contributed by atoms with Crippen molar-refractivity contribution in [2.75, 3.05) is 26.2 Å². The van der Waals surface area contributed by atoms with Gasteiger partial charge in [0, 0.05) is 13.5 Å². The van der Waals surface area contributed by atoms with Gasteiger partial charge >= 0.3 is 12.1 Å². The van der Waals surface area contributed by atoms with Gasteiger partial charge in [0.05, 0.1) is 18.8 Å². The van der Waals surface area contributed by atoms with Crippen molar-refractivity contribution >= 4 is 17.8 Å². The Morgan fingerprint density at radius 2 is 1.89 bits per heavy atom. The van der Waals surface area contributed by atoms with Gasteiger partial charge in [-0.2, -0.15) is 4.79 Å². The van der Waals surface area contributed by atoms with Crippen molar-refractivity contribution in [1.82, 2.24) is 9.88 Å². The lowest BCUT2D eigenvalue weighted by Gasteiger charge is -2.30. The Balaban J connectivity index is 1.93. The molecular formula is C27H36FN4O6+. The van der Waals surface area contributed by atoms with Crippen LogP contribution < -0.4 is 10.5 Å². The summed E-state index contributed by atoms with van der Waals surface area (Å²) in [6, 6.07) is 6.19. The van der Waals surface area contributed by atoms with E-state index >= 15 is 0 Å². The molecule has 1 unspecified atom stereocenters. The molecule has 1 aliphatic heterocycles. The minimum Gasteiger partial charge on any atom is -0.482 e. The van der Waals surface area contributed by atoms with Gasteiger partial charge in [0.1, 0.15) is 23.8 Å². The molecule has 0 aliphatic carbocycles. The number of aliphatic hydroxyl groups is 1. The van der Waals surface area contributed by atoms with Crippen LogP contribution in [0.4, 0.5) is 9.18 Å². The van der Waals surface area contributed by atoms with Crippen LogP contribution in [0.3, 0.4) is 0 Å². The van der Waals surface area contributed by atoms with Gasteiger partial charge in [0.15, 0.2) is 23.7 Å². The zero-order chi connectivity index (χ0) is 28.4. The molecule has 38 heavy (non-hydrogen) atoms. The molecule has 0 spiro atoms. The second-order valence-electron chi connectivity index (χ2n) is 10.5. The molecule has 10 nitrogen and oxygen atoms in total. The summed E-state index contributed by atoms with van der Waals surface area (Å²) in [6.45, 7) is 12.1. The predicted molar refractivity (Wildman–Crippen MR) is 138 cm³/mol. The fourth-order valence-corrected chi connectivity index (χ4v) is 4.19. The number of carbonyl (C=O) groups is 2. The van der Waals surface area contributed by atoms with Gasteiger partial charge in [-0.3, -0.25) is 4.90 Å². The highest BCUT2D eigenvalue weighted by Gasteiger charge is 2.34. The average molecular weight is 532 g/mol. The number of rotatable bonds is 7. The minimum absolute atomic E-state index is 0.0242. The van der Waals surface area contributed by atoms with Crippen LogP contribution in [0.5, 0.6) is 5.75 Å². The molecule has 4 N–H and O–H groups in total. The lowest BCUT2D eigenvalue weighted by Crippen LogP contribution is -2.48. The van der Waals surface area contributed by atoms with Crippen LogP contribution in [0.2, 0.25) is 0 Å². The van der Waals surface area contributed by atoms with Crippen molar-refractivity contribution in [3.63, 3.8) is 0 Å². The molecule has 206 valence electrons. The number of carbonyl (C=O) groups excluding carboxylic acids is 1. The first-order chi connectivity index (χ1) is 17.7. The standard InChI is InChI=1S/C27H35FN4O6/c1-15-7-8-18(12-19(15)28)21(37-20-11-16(2)22(24(29)33)30-23(20)25(34)35)14-31-9-10-32(17(3)13-31)26(36)38-27(4,5)6/h7-8,11-12,21,24,33H,9-10,13-14,29H2,1-6H3/p+1/t21-,24?/m1/s1. The van der Waals surface area contributed by atoms with Gasteiger partial charge in [0.2, 0.25) is 0 Å². The SMILES string of the molecule is CC1=[N+](C(=O)OC(C)(C)C)CCN(C[C@@H](Oc2cc(C)c(C(N)O)nc2C(=O)O)c2ccc(C)c(F)c2)C1. The normalized spacial score (nSPS) is 16.2. The molecule has 1 aromatic carbocycles. The van der Waals surface area contributed by atoms with Crippen molar-refractivity contribution < 1.29 is 38.2 Å². The Kier molecular flexibility index (Phi) is 8.86. The monoisotopic (exact) mass is 531 g/mol. The highest BCUT2D eigenvalue weighted by atomic mass is 19.1. The van der Waals surface area contributed by atoms with Crippen LogP contribution >= 0.6 is 0 Å². The van der Waals surface area contributed by atoms with Gasteiger partial charge in [-0.25, -0.2) is 14.2 Å². The van der Waals surface area contributed by atoms with Crippen molar-refractivity contribution in [2.45, 2.75) is 59.5 Å². The maximum atomic E-state index is 14.5. The highest BCUT2D eigenvalue weighted by molar-refractivity contribution is 5.88. The zero-order valence-electron chi connectivity index (χ0n) is 22.6. The number of hydrogen-bond donors (Lipinski definition) is 3. The Labute approximate surface area is 221 Å². The molecule has 0 saturated carbocycles. The molecule has 1 aliphatic rings. The van der Waals surface area contributed by atoms with E-state index in [1.54, 1.807) is 30.6 Å². The number of pyridine rings is 1. The Bertz CT molecular complexity index is 1250. The summed E-state index contributed by atoms with van der Waals surface area (Å²) in [5.41, 5.74) is 6.73. The number of aromatic carboxylic acids is 1. The smallest absolute Gasteiger partial charge is 0.482 e. The Morgan fingerprint density at radius 3 is 2.45 bits per heavy atom. The number of aromatic nitrogens is 1. The van der Waals surface area contributed by atoms with Crippen LogP contribution in [0, 0.1) is 19.7 Å². The van der Waals surface area contributed by atoms with E-state index in [1.165, 1.54) is 12.1 Å². The second kappa shape index (κ2) is 11.5. The first-order valence-corrected chi connectivity index (χ1v) is 12.3. The molecule has 1 amide bonds. The maximum absolute atomic E-state index is 14.5. The van der Waals surface area contributed by atoms with Gasteiger partial charge in [-0.05, 0) is 63.4 Å². The summed E-state index contributed by atoms with van der Waals surface area (Å²) in [6.07, 6.45) is -2.64. The predicted octanol–water partition coefficient (Wildman–Crippen LogP) is 3.33. The quantitative estimate of drug-likeness (QED) is 0.363. The van der Waals surface area contributed by atoms with E-state index in [9.17, 15) is 24.2 Å². The van der Waals surface area contributed by atoms with E-state index in [0.29, 0.717) is 36.3 Å². The van der Waals surface area contributed by atoms with Crippen LogP contribution in [0.1, 0.15) is 72.9 Å². The Morgan fingerprint density at radius 1 is 1.21 bits per heavy atom. The Hall–Kier alpha value is -3.41. The molecular weight excluding hydrogens is 495 g/mol. The van der Waals surface area contributed by atoms with E-state index in [2.05, 4.69) is 4.98 Å². The summed E-state index contributed by atoms with van der Waals surface area (Å²) in [5.74, 6) is -1.80. The number of nitrogens with zero attached hydrogens (tertiary/aromatic N) is 3. The molecule has 0 fully saturated rings. The lowest BCUT2D eigenvalue weighted by molar-refractivity contribution is -0.458. The molecule has 11 heteroatoms. The first-order valence-electron chi connectivity index (χ1n) is 12.3. The van der Waals surface area contributed by atoms with E-state index < -0.39 is 41.5 Å². The fraction of sp³-hybridized carbons (Fsp3) is 0.481. The second-order valence-corrected chi connectivity index (χ2v) is 10.5. The van der Waals surface area contributed by atoms with Crippen molar-refractivity contribution in [2.24, 2.45) is 5.73 Å². The lowest BCUT2D eigenvalue weighted by atomic mass is 10.1. The third kappa shape index (κ3) is 7.12. The van der Waals surface area contributed by atoms with Crippen molar-refractivity contribution in [1.29, 1.82) is 0 Å². The number of carboxylic acids is 1. The molecule has 0 saturated heterocycles. The third-order valence-corrected chi connectivity index (χ3v) is 6.13. The van der Waals surface area contributed by atoms with E-state index in [1.807, 2.05) is 32.6 Å². The van der Waals surface area contributed by atoms with Gasteiger partial charge in [0.25, 0.3) is 0 Å². The van der Waals surface area contributed by atoms with Gasteiger partial charge in [-0.15, -0.1) is 4.58 Å². The molecule has 2 heterocycles. The molecule has 0 bridgehead atoms. The first kappa shape index (κ1) is 29.2. The molecule has 0 radical (unpaired) electrons. The van der Waals surface area contributed by atoms with Crippen LogP contribution in [0.25, 0.3) is 0 Å². The number of amides is 1. The van der Waals surface area contributed by atoms with Crippen molar-refractivity contribution in [3.8, 4) is 5.75 Å². The number of carboxylic acid groups (broad SMARTS) is 1. The number of benzene rings is 1. The fourth-order valence-electron chi connectivity index (χ4n) is 4.19. The number of ether oxygens (including phenoxy) is 2. The van der Waals surface area contributed by atoms with Gasteiger partial charge in [-0.1, -0.05) is 12.1 Å². The molecule has 2 aromatic rings. The number of aryl methyl sites for hydroxylation is 2. The molecule has 1 aromatic heterocycles. The summed E-state index contributed by atoms with van der Waals surface area (Å²) >= 11 is 0. The number of aliphatic hydroxyl groups excluding tert-OH is 1. The van der Waals surface area contributed by atoms with Gasteiger partial charge < -0.3 is 25.4 Å². The number of hydrogen-bond acceptors (Lipinski definition) is 8. The van der Waals surface area contributed by atoms with Crippen LogP contribution in [0.15, 0.2) is 24.3 Å². The summed E-state index contributed by atoms with van der Waals surface area (Å²) in [5, 5.41) is 19.5. The van der Waals surface area contributed by atoms with Crippen LogP contribution in [-0.4, -0.2) is 74.2 Å². The van der Waals surface area contributed by atoms with E-state index in [-0.39, 0.29) is 18.0 Å². The largest absolute Gasteiger partial charge is 0.596 e. The number of nitrogens with two attached hydrogens (primary N) is 1. The van der Waals surface area contributed by atoms with E-state index in [4.69, 9.17) is 15.2 Å². The summed E-state index contributed by atoms with van der Waals surface area (Å²) in [4.78, 5) is 30.6. The summed E-state index contributed by atoms with van der Waals surface area (Å²) < 4.78 is 27.8. The topological polar surface area (TPSA) is 138 Å². The average Bonchev–Trinajstić information content (AvgIpc) is 2.79. The van der Waals surface area contributed by atoms with Crippen molar-refractivity contribution in [3.05, 3.63) is 58.2 Å². The number of halogens is 1.